The highest BCUT2D eigenvalue weighted by Crippen LogP contribution is 2.20. The molecule has 2 rings (SSSR count). The molecular weight excluding hydrogens is 288 g/mol. The number of halogens is 1. The van der Waals surface area contributed by atoms with Gasteiger partial charge in [-0.2, -0.15) is 0 Å². The summed E-state index contributed by atoms with van der Waals surface area (Å²) in [6.45, 7) is 6.02. The molecule has 0 aliphatic carbocycles. The van der Waals surface area contributed by atoms with Crippen molar-refractivity contribution in [3.05, 3.63) is 59.4 Å². The second-order valence-electron chi connectivity index (χ2n) is 4.35. The smallest absolute Gasteiger partial charge is 0.274 e. The molecule has 0 radical (unpaired) electrons. The quantitative estimate of drug-likeness (QED) is 0.832. The Bertz CT molecular complexity index is 672. The Balaban J connectivity index is 2.12. The topological polar surface area (TPSA) is 66.9 Å². The fourth-order valence-electron chi connectivity index (χ4n) is 1.60. The van der Waals surface area contributed by atoms with Crippen LogP contribution in [0.3, 0.4) is 0 Å². The van der Waals surface area contributed by atoms with Crippen molar-refractivity contribution in [2.45, 2.75) is 6.92 Å². The molecule has 2 N–H and O–H groups in total. The summed E-state index contributed by atoms with van der Waals surface area (Å²) in [4.78, 5) is 20.3. The molecular formula is C15H15ClN4O. The van der Waals surface area contributed by atoms with Crippen LogP contribution in [0.4, 0.5) is 11.6 Å². The maximum atomic E-state index is 12.1. The number of anilines is 2. The van der Waals surface area contributed by atoms with E-state index in [2.05, 4.69) is 27.2 Å². The lowest BCUT2D eigenvalue weighted by molar-refractivity contribution is 0.102. The molecule has 2 aromatic rings. The van der Waals surface area contributed by atoms with E-state index in [4.69, 9.17) is 11.6 Å². The largest absolute Gasteiger partial charge is 0.351 e. The highest BCUT2D eigenvalue weighted by atomic mass is 35.5. The fourth-order valence-corrected chi connectivity index (χ4v) is 1.78. The molecule has 0 aliphatic rings. The normalized spacial score (nSPS) is 10.0. The van der Waals surface area contributed by atoms with E-state index in [9.17, 15) is 4.79 Å². The van der Waals surface area contributed by atoms with Gasteiger partial charge in [0.1, 0.15) is 5.69 Å². The minimum atomic E-state index is -0.320. The van der Waals surface area contributed by atoms with E-state index >= 15 is 0 Å². The second-order valence-corrected chi connectivity index (χ2v) is 4.76. The molecule has 0 bridgehead atoms. The van der Waals surface area contributed by atoms with Crippen LogP contribution in [-0.2, 0) is 0 Å². The van der Waals surface area contributed by atoms with Crippen molar-refractivity contribution in [1.29, 1.82) is 0 Å². The molecule has 1 aromatic heterocycles. The van der Waals surface area contributed by atoms with Crippen LogP contribution in [0.25, 0.3) is 0 Å². The van der Waals surface area contributed by atoms with Gasteiger partial charge in [0.15, 0.2) is 0 Å². The summed E-state index contributed by atoms with van der Waals surface area (Å²) in [5.74, 6) is 0.0588. The van der Waals surface area contributed by atoms with Gasteiger partial charge in [-0.05, 0) is 30.7 Å². The molecule has 5 nitrogen and oxygen atoms in total. The number of hydrogen-bond acceptors (Lipinski definition) is 4. The molecule has 0 unspecified atom stereocenters. The van der Waals surface area contributed by atoms with Crippen molar-refractivity contribution in [3.63, 3.8) is 0 Å². The van der Waals surface area contributed by atoms with Crippen molar-refractivity contribution in [3.8, 4) is 0 Å². The maximum Gasteiger partial charge on any atom is 0.274 e. The molecule has 0 fully saturated rings. The van der Waals surface area contributed by atoms with Crippen molar-refractivity contribution in [2.24, 2.45) is 0 Å². The van der Waals surface area contributed by atoms with Gasteiger partial charge in [-0.15, -0.1) is 6.58 Å². The van der Waals surface area contributed by atoms with Gasteiger partial charge in [-0.25, -0.2) is 9.97 Å². The van der Waals surface area contributed by atoms with E-state index in [1.165, 1.54) is 6.20 Å². The molecule has 108 valence electrons. The van der Waals surface area contributed by atoms with Crippen molar-refractivity contribution < 1.29 is 4.79 Å². The average molecular weight is 303 g/mol. The first-order chi connectivity index (χ1) is 10.1. The molecule has 6 heteroatoms. The molecule has 0 aliphatic heterocycles. The lowest BCUT2D eigenvalue weighted by Crippen LogP contribution is -2.15. The van der Waals surface area contributed by atoms with E-state index in [0.29, 0.717) is 23.2 Å². The van der Waals surface area contributed by atoms with Crippen molar-refractivity contribution in [2.75, 3.05) is 17.2 Å². The van der Waals surface area contributed by atoms with E-state index in [1.807, 2.05) is 13.0 Å². The number of aromatic nitrogens is 2. The van der Waals surface area contributed by atoms with E-state index in [0.717, 1.165) is 5.56 Å². The molecule has 0 saturated carbocycles. The highest BCUT2D eigenvalue weighted by molar-refractivity contribution is 6.31. The van der Waals surface area contributed by atoms with Gasteiger partial charge >= 0.3 is 0 Å². The lowest BCUT2D eigenvalue weighted by atomic mass is 10.2. The summed E-state index contributed by atoms with van der Waals surface area (Å²) < 4.78 is 0. The second kappa shape index (κ2) is 6.85. The average Bonchev–Trinajstić information content (AvgIpc) is 2.49. The van der Waals surface area contributed by atoms with E-state index < -0.39 is 0 Å². The van der Waals surface area contributed by atoms with Crippen molar-refractivity contribution >= 4 is 29.1 Å². The number of benzene rings is 1. The Hall–Kier alpha value is -2.40. The van der Waals surface area contributed by atoms with Gasteiger partial charge in [0.05, 0.1) is 0 Å². The van der Waals surface area contributed by atoms with Crippen LogP contribution in [0, 0.1) is 6.92 Å². The van der Waals surface area contributed by atoms with Crippen LogP contribution in [0.1, 0.15) is 16.1 Å². The van der Waals surface area contributed by atoms with Crippen LogP contribution < -0.4 is 10.6 Å². The molecule has 1 aromatic carbocycles. The summed E-state index contributed by atoms with van der Waals surface area (Å²) in [6, 6.07) is 6.88. The predicted octanol–water partition coefficient (Wildman–Crippen LogP) is 3.29. The van der Waals surface area contributed by atoms with Gasteiger partial charge in [0.2, 0.25) is 5.95 Å². The molecule has 21 heavy (non-hydrogen) atoms. The summed E-state index contributed by atoms with van der Waals surface area (Å²) in [7, 11) is 0. The minimum absolute atomic E-state index is 0.272. The van der Waals surface area contributed by atoms with Crippen LogP contribution >= 0.6 is 11.6 Å². The van der Waals surface area contributed by atoms with Crippen LogP contribution in [-0.4, -0.2) is 22.4 Å². The number of aryl methyl sites for hydroxylation is 1. The van der Waals surface area contributed by atoms with Crippen LogP contribution in [0.2, 0.25) is 5.02 Å². The first kappa shape index (κ1) is 15.0. The number of nitrogens with one attached hydrogen (secondary N) is 2. The SMILES string of the molecule is C=CCNc1nccc(C(=O)Nc2ccc(C)c(Cl)c2)n1. The Kier molecular flexibility index (Phi) is 4.90. The summed E-state index contributed by atoms with van der Waals surface area (Å²) in [5, 5.41) is 6.28. The zero-order chi connectivity index (χ0) is 15.2. The van der Waals surface area contributed by atoms with Crippen molar-refractivity contribution in [1.82, 2.24) is 9.97 Å². The zero-order valence-corrected chi connectivity index (χ0v) is 12.3. The van der Waals surface area contributed by atoms with E-state index in [1.54, 1.807) is 24.3 Å². The number of carbonyl (C=O) groups excluding carboxylic acids is 1. The first-order valence-corrected chi connectivity index (χ1v) is 6.73. The maximum absolute atomic E-state index is 12.1. The minimum Gasteiger partial charge on any atom is -0.351 e. The Labute approximate surface area is 128 Å². The monoisotopic (exact) mass is 302 g/mol. The standard InChI is InChI=1S/C15H15ClN4O/c1-3-7-17-15-18-8-6-13(20-15)14(21)19-11-5-4-10(2)12(16)9-11/h3-6,8-9H,1,7H2,2H3,(H,19,21)(H,17,18,20). The zero-order valence-electron chi connectivity index (χ0n) is 11.6. The van der Waals surface area contributed by atoms with Gasteiger partial charge in [0.25, 0.3) is 5.91 Å². The molecule has 0 saturated heterocycles. The first-order valence-electron chi connectivity index (χ1n) is 6.35. The van der Waals surface area contributed by atoms with E-state index in [-0.39, 0.29) is 11.6 Å². The third-order valence-electron chi connectivity index (χ3n) is 2.72. The van der Waals surface area contributed by atoms with Crippen LogP contribution in [0.15, 0.2) is 43.1 Å². The summed E-state index contributed by atoms with van der Waals surface area (Å²) >= 11 is 6.03. The number of carbonyl (C=O) groups is 1. The lowest BCUT2D eigenvalue weighted by Gasteiger charge is -2.07. The molecule has 1 heterocycles. The van der Waals surface area contributed by atoms with Crippen LogP contribution in [0.5, 0.6) is 0 Å². The predicted molar refractivity (Wildman–Crippen MR) is 84.9 cm³/mol. The Morgan fingerprint density at radius 2 is 2.24 bits per heavy atom. The third-order valence-corrected chi connectivity index (χ3v) is 3.13. The highest BCUT2D eigenvalue weighted by Gasteiger charge is 2.09. The fraction of sp³-hybridized carbons (Fsp3) is 0.133. The van der Waals surface area contributed by atoms with Gasteiger partial charge < -0.3 is 10.6 Å². The number of hydrogen-bond donors (Lipinski definition) is 2. The molecule has 0 atom stereocenters. The number of amides is 1. The van der Waals surface area contributed by atoms with Gasteiger partial charge in [0, 0.05) is 23.5 Å². The molecule has 1 amide bonds. The summed E-state index contributed by atoms with van der Waals surface area (Å²) in [6.07, 6.45) is 3.21. The Morgan fingerprint density at radius 1 is 1.43 bits per heavy atom. The summed E-state index contributed by atoms with van der Waals surface area (Å²) in [5.41, 5.74) is 1.84. The Morgan fingerprint density at radius 3 is 2.95 bits per heavy atom. The number of rotatable bonds is 5. The molecule has 0 spiro atoms. The van der Waals surface area contributed by atoms with Gasteiger partial charge in [-0.1, -0.05) is 23.7 Å². The van der Waals surface area contributed by atoms with Gasteiger partial charge in [-0.3, -0.25) is 4.79 Å². The number of nitrogens with zero attached hydrogens (tertiary/aromatic N) is 2. The third kappa shape index (κ3) is 4.03.